The monoisotopic (exact) mass is 192 g/mol. The van der Waals surface area contributed by atoms with Crippen molar-refractivity contribution in [1.82, 2.24) is 0 Å². The van der Waals surface area contributed by atoms with E-state index < -0.39 is 7.12 Å². The molecule has 2 rings (SSSR count). The van der Waals surface area contributed by atoms with Crippen LogP contribution in [0.1, 0.15) is 0 Å². The third-order valence-corrected chi connectivity index (χ3v) is 2.07. The van der Waals surface area contributed by atoms with E-state index in [2.05, 4.69) is 0 Å². The zero-order valence-corrected chi connectivity index (χ0v) is 7.60. The molecule has 0 radical (unpaired) electrons. The Bertz CT molecular complexity index is 449. The molecule has 72 valence electrons. The lowest BCUT2D eigenvalue weighted by Gasteiger charge is -2.04. The molecule has 0 aliphatic carbocycles. The molecule has 5 heteroatoms. The molecule has 1 aromatic carbocycles. The van der Waals surface area contributed by atoms with Gasteiger partial charge in [0.1, 0.15) is 11.3 Å². The molecule has 0 saturated heterocycles. The smallest absolute Gasteiger partial charge is 0.492 e. The molecule has 0 atom stereocenters. The summed E-state index contributed by atoms with van der Waals surface area (Å²) in [7, 11) is -0.0341. The number of fused-ring (bicyclic) bond motifs is 1. The van der Waals surface area contributed by atoms with Gasteiger partial charge in [0.15, 0.2) is 0 Å². The molecule has 0 saturated carbocycles. The summed E-state index contributed by atoms with van der Waals surface area (Å²) in [6.45, 7) is 0. The Morgan fingerprint density at radius 3 is 2.79 bits per heavy atom. The van der Waals surface area contributed by atoms with Gasteiger partial charge in [0.2, 0.25) is 0 Å². The van der Waals surface area contributed by atoms with Crippen LogP contribution in [0, 0.1) is 0 Å². The van der Waals surface area contributed by atoms with E-state index in [1.54, 1.807) is 12.1 Å². The van der Waals surface area contributed by atoms with Crippen LogP contribution in [0.2, 0.25) is 0 Å². The van der Waals surface area contributed by atoms with E-state index in [1.807, 2.05) is 0 Å². The number of rotatable bonds is 2. The van der Waals surface area contributed by atoms with Crippen molar-refractivity contribution < 1.29 is 19.2 Å². The maximum atomic E-state index is 9.10. The van der Waals surface area contributed by atoms with Crippen molar-refractivity contribution in [1.29, 1.82) is 0 Å². The van der Waals surface area contributed by atoms with Crippen LogP contribution in [0.3, 0.4) is 0 Å². The van der Waals surface area contributed by atoms with Crippen molar-refractivity contribution >= 4 is 23.6 Å². The summed E-state index contributed by atoms with van der Waals surface area (Å²) in [4.78, 5) is 0. The van der Waals surface area contributed by atoms with Gasteiger partial charge in [0.05, 0.1) is 13.4 Å². The first kappa shape index (κ1) is 9.11. The average Bonchev–Trinajstić information content (AvgIpc) is 2.63. The van der Waals surface area contributed by atoms with E-state index in [0.717, 1.165) is 5.39 Å². The van der Waals surface area contributed by atoms with Crippen LogP contribution in [0.4, 0.5) is 0 Å². The molecule has 1 aromatic heterocycles. The van der Waals surface area contributed by atoms with Crippen LogP contribution in [0.5, 0.6) is 5.75 Å². The molecular weight excluding hydrogens is 183 g/mol. The Kier molecular flexibility index (Phi) is 2.19. The minimum atomic E-state index is -1.56. The summed E-state index contributed by atoms with van der Waals surface area (Å²) < 4.78 is 10.2. The molecule has 0 aliphatic heterocycles. The van der Waals surface area contributed by atoms with Crippen LogP contribution >= 0.6 is 0 Å². The van der Waals surface area contributed by atoms with Crippen LogP contribution in [-0.2, 0) is 0 Å². The standard InChI is InChI=1S/C9H9BO4/c1-13-7-4-6-2-3-14-9(6)8(5-7)10(11)12/h2-5,11-12H,1H3. The summed E-state index contributed by atoms with van der Waals surface area (Å²) >= 11 is 0. The van der Waals surface area contributed by atoms with Crippen molar-refractivity contribution in [2.45, 2.75) is 0 Å². The fourth-order valence-corrected chi connectivity index (χ4v) is 1.39. The molecule has 0 spiro atoms. The number of hydrogen-bond acceptors (Lipinski definition) is 4. The largest absolute Gasteiger partial charge is 0.497 e. The van der Waals surface area contributed by atoms with Gasteiger partial charge in [-0.1, -0.05) is 0 Å². The lowest BCUT2D eigenvalue weighted by Crippen LogP contribution is -2.30. The van der Waals surface area contributed by atoms with E-state index in [9.17, 15) is 0 Å². The molecule has 1 heterocycles. The Labute approximate surface area is 80.9 Å². The molecule has 2 aromatic rings. The highest BCUT2D eigenvalue weighted by atomic mass is 16.5. The van der Waals surface area contributed by atoms with Gasteiger partial charge in [-0.05, 0) is 18.2 Å². The van der Waals surface area contributed by atoms with Gasteiger partial charge in [0.25, 0.3) is 0 Å². The summed E-state index contributed by atoms with van der Waals surface area (Å²) in [6, 6.07) is 5.05. The van der Waals surface area contributed by atoms with Gasteiger partial charge in [-0.15, -0.1) is 0 Å². The van der Waals surface area contributed by atoms with Crippen LogP contribution in [-0.4, -0.2) is 24.3 Å². The third-order valence-electron chi connectivity index (χ3n) is 2.07. The first-order chi connectivity index (χ1) is 6.72. The molecule has 0 bridgehead atoms. The summed E-state index contributed by atoms with van der Waals surface area (Å²) in [5.41, 5.74) is 0.783. The van der Waals surface area contributed by atoms with Gasteiger partial charge in [-0.3, -0.25) is 0 Å². The Hall–Kier alpha value is -1.46. The number of methoxy groups -OCH3 is 1. The Morgan fingerprint density at radius 1 is 1.36 bits per heavy atom. The third kappa shape index (κ3) is 1.36. The number of furan rings is 1. The summed E-state index contributed by atoms with van der Waals surface area (Å²) in [5.74, 6) is 0.571. The first-order valence-electron chi connectivity index (χ1n) is 4.13. The van der Waals surface area contributed by atoms with Crippen molar-refractivity contribution in [3.05, 3.63) is 24.5 Å². The normalized spacial score (nSPS) is 10.5. The minimum absolute atomic E-state index is 0.310. The molecule has 14 heavy (non-hydrogen) atoms. The number of hydrogen-bond donors (Lipinski definition) is 2. The summed E-state index contributed by atoms with van der Waals surface area (Å²) in [5, 5.41) is 19.0. The van der Waals surface area contributed by atoms with Gasteiger partial charge in [0, 0.05) is 10.8 Å². The molecule has 2 N–H and O–H groups in total. The molecule has 0 fully saturated rings. The zero-order valence-electron chi connectivity index (χ0n) is 7.60. The maximum absolute atomic E-state index is 9.10. The highest BCUT2D eigenvalue weighted by Crippen LogP contribution is 2.19. The van der Waals surface area contributed by atoms with Gasteiger partial charge in [-0.25, -0.2) is 0 Å². The van der Waals surface area contributed by atoms with Crippen molar-refractivity contribution in [2.24, 2.45) is 0 Å². The lowest BCUT2D eigenvalue weighted by molar-refractivity contribution is 0.412. The van der Waals surface area contributed by atoms with E-state index >= 15 is 0 Å². The molecular formula is C9H9BO4. The number of benzene rings is 1. The van der Waals surface area contributed by atoms with Crippen LogP contribution in [0.25, 0.3) is 11.0 Å². The average molecular weight is 192 g/mol. The number of ether oxygens (including phenoxy) is 1. The fraction of sp³-hybridized carbons (Fsp3) is 0.111. The highest BCUT2D eigenvalue weighted by molar-refractivity contribution is 6.61. The van der Waals surface area contributed by atoms with E-state index in [1.165, 1.54) is 19.4 Å². The maximum Gasteiger partial charge on any atom is 0.492 e. The zero-order chi connectivity index (χ0) is 10.1. The Balaban J connectivity index is 2.70. The van der Waals surface area contributed by atoms with E-state index in [4.69, 9.17) is 19.2 Å². The predicted octanol–water partition coefficient (Wildman–Crippen LogP) is 0.121. The highest BCUT2D eigenvalue weighted by Gasteiger charge is 2.18. The predicted molar refractivity (Wildman–Crippen MR) is 52.6 cm³/mol. The second kappa shape index (κ2) is 3.36. The Morgan fingerprint density at radius 2 is 2.14 bits per heavy atom. The van der Waals surface area contributed by atoms with E-state index in [0.29, 0.717) is 16.8 Å². The molecule has 0 amide bonds. The lowest BCUT2D eigenvalue weighted by atomic mass is 9.79. The van der Waals surface area contributed by atoms with Crippen LogP contribution < -0.4 is 10.2 Å². The van der Waals surface area contributed by atoms with Crippen molar-refractivity contribution in [3.63, 3.8) is 0 Å². The van der Waals surface area contributed by atoms with E-state index in [-0.39, 0.29) is 0 Å². The minimum Gasteiger partial charge on any atom is -0.497 e. The molecule has 0 unspecified atom stereocenters. The molecule has 4 nitrogen and oxygen atoms in total. The fourth-order valence-electron chi connectivity index (χ4n) is 1.39. The first-order valence-corrected chi connectivity index (χ1v) is 4.13. The van der Waals surface area contributed by atoms with Crippen molar-refractivity contribution in [3.8, 4) is 5.75 Å². The van der Waals surface area contributed by atoms with Gasteiger partial charge >= 0.3 is 7.12 Å². The second-order valence-corrected chi connectivity index (χ2v) is 2.93. The topological polar surface area (TPSA) is 62.8 Å². The molecule has 0 aliphatic rings. The van der Waals surface area contributed by atoms with Gasteiger partial charge < -0.3 is 19.2 Å². The SMILES string of the molecule is COc1cc(B(O)O)c2occc2c1. The second-order valence-electron chi connectivity index (χ2n) is 2.93. The van der Waals surface area contributed by atoms with Gasteiger partial charge in [-0.2, -0.15) is 0 Å². The van der Waals surface area contributed by atoms with Crippen LogP contribution in [0.15, 0.2) is 28.9 Å². The quantitative estimate of drug-likeness (QED) is 0.663. The van der Waals surface area contributed by atoms with Crippen molar-refractivity contribution in [2.75, 3.05) is 7.11 Å². The summed E-state index contributed by atoms with van der Waals surface area (Å²) in [6.07, 6.45) is 1.50.